The molecule has 2 N–H and O–H groups in total. The topological polar surface area (TPSA) is 84.5 Å². The summed E-state index contributed by atoms with van der Waals surface area (Å²) < 4.78 is 45.8. The first kappa shape index (κ1) is 19.2. The van der Waals surface area contributed by atoms with Gasteiger partial charge in [0.15, 0.2) is 0 Å². The molecule has 2 rings (SSSR count). The SMILES string of the molecule is COc1ccc(Cl)cc1S(=O)(=O)N[C@@H](C)C(=O)Nc1ccccc1F. The maximum Gasteiger partial charge on any atom is 0.245 e. The van der Waals surface area contributed by atoms with Crippen LogP contribution in [0.3, 0.4) is 0 Å². The number of benzene rings is 2. The average Bonchev–Trinajstić information content (AvgIpc) is 2.56. The number of hydrogen-bond acceptors (Lipinski definition) is 4. The highest BCUT2D eigenvalue weighted by Crippen LogP contribution is 2.27. The first-order chi connectivity index (χ1) is 11.7. The summed E-state index contributed by atoms with van der Waals surface area (Å²) in [6, 6.07) is 8.51. The molecule has 0 aliphatic carbocycles. The molecule has 0 saturated carbocycles. The van der Waals surface area contributed by atoms with Crippen LogP contribution in [0.5, 0.6) is 5.75 Å². The molecular weight excluding hydrogens is 371 g/mol. The molecule has 0 fully saturated rings. The summed E-state index contributed by atoms with van der Waals surface area (Å²) in [5.41, 5.74) is -0.0427. The Balaban J connectivity index is 2.19. The summed E-state index contributed by atoms with van der Waals surface area (Å²) in [7, 11) is -2.77. The maximum absolute atomic E-state index is 13.6. The molecule has 2 aromatic carbocycles. The molecule has 0 aromatic heterocycles. The third kappa shape index (κ3) is 4.68. The quantitative estimate of drug-likeness (QED) is 0.799. The first-order valence-corrected chi connectivity index (χ1v) is 9.02. The third-order valence-corrected chi connectivity index (χ3v) is 5.07. The highest BCUT2D eigenvalue weighted by molar-refractivity contribution is 7.89. The van der Waals surface area contributed by atoms with Crippen LogP contribution < -0.4 is 14.8 Å². The van der Waals surface area contributed by atoms with Crippen LogP contribution in [-0.2, 0) is 14.8 Å². The van der Waals surface area contributed by atoms with Crippen LogP contribution in [0.2, 0.25) is 5.02 Å². The van der Waals surface area contributed by atoms with Crippen molar-refractivity contribution in [3.8, 4) is 5.75 Å². The van der Waals surface area contributed by atoms with Gasteiger partial charge in [-0.3, -0.25) is 4.79 Å². The van der Waals surface area contributed by atoms with Crippen LogP contribution in [0.25, 0.3) is 0 Å². The van der Waals surface area contributed by atoms with Crippen molar-refractivity contribution in [2.24, 2.45) is 0 Å². The Morgan fingerprint density at radius 1 is 1.24 bits per heavy atom. The number of carbonyl (C=O) groups is 1. The van der Waals surface area contributed by atoms with Crippen LogP contribution in [0.15, 0.2) is 47.4 Å². The Morgan fingerprint density at radius 2 is 1.92 bits per heavy atom. The van der Waals surface area contributed by atoms with Gasteiger partial charge in [-0.05, 0) is 37.3 Å². The minimum atomic E-state index is -4.09. The Bertz CT molecular complexity index is 889. The maximum atomic E-state index is 13.6. The van der Waals surface area contributed by atoms with Gasteiger partial charge in [-0.1, -0.05) is 23.7 Å². The van der Waals surface area contributed by atoms with Crippen molar-refractivity contribution in [3.63, 3.8) is 0 Å². The number of rotatable bonds is 6. The normalized spacial score (nSPS) is 12.5. The second-order valence-corrected chi connectivity index (χ2v) is 7.23. The van der Waals surface area contributed by atoms with Crippen LogP contribution >= 0.6 is 11.6 Å². The Kier molecular flexibility index (Phi) is 5.99. The molecule has 1 amide bonds. The van der Waals surface area contributed by atoms with E-state index in [4.69, 9.17) is 16.3 Å². The molecule has 0 radical (unpaired) electrons. The van der Waals surface area contributed by atoms with Crippen LogP contribution in [0.4, 0.5) is 10.1 Å². The van der Waals surface area contributed by atoms with E-state index in [0.29, 0.717) is 0 Å². The van der Waals surface area contributed by atoms with Crippen molar-refractivity contribution in [1.82, 2.24) is 4.72 Å². The number of carbonyl (C=O) groups excluding carboxylic acids is 1. The summed E-state index contributed by atoms with van der Waals surface area (Å²) in [6.45, 7) is 1.34. The summed E-state index contributed by atoms with van der Waals surface area (Å²) in [5, 5.41) is 2.52. The molecule has 2 aromatic rings. The van der Waals surface area contributed by atoms with Crippen molar-refractivity contribution < 1.29 is 22.3 Å². The summed E-state index contributed by atoms with van der Waals surface area (Å²) in [4.78, 5) is 11.9. The smallest absolute Gasteiger partial charge is 0.245 e. The highest BCUT2D eigenvalue weighted by Gasteiger charge is 2.25. The molecule has 134 valence electrons. The molecule has 0 spiro atoms. The van der Waals surface area contributed by atoms with E-state index in [1.54, 1.807) is 6.07 Å². The Morgan fingerprint density at radius 3 is 2.56 bits per heavy atom. The number of halogens is 2. The second-order valence-electron chi connectivity index (χ2n) is 5.11. The van der Waals surface area contributed by atoms with Gasteiger partial charge >= 0.3 is 0 Å². The lowest BCUT2D eigenvalue weighted by Crippen LogP contribution is -2.41. The number of para-hydroxylation sites is 1. The largest absolute Gasteiger partial charge is 0.495 e. The molecular formula is C16H16ClFN2O4S. The molecule has 6 nitrogen and oxygen atoms in total. The number of amides is 1. The Labute approximate surface area is 150 Å². The van der Waals surface area contributed by atoms with Crippen LogP contribution in [0.1, 0.15) is 6.92 Å². The molecule has 0 aliphatic heterocycles. The lowest BCUT2D eigenvalue weighted by Gasteiger charge is -2.16. The number of nitrogens with one attached hydrogen (secondary N) is 2. The minimum Gasteiger partial charge on any atom is -0.495 e. The van der Waals surface area contributed by atoms with Crippen LogP contribution in [-0.4, -0.2) is 27.5 Å². The van der Waals surface area contributed by atoms with E-state index in [1.165, 1.54) is 50.4 Å². The number of sulfonamides is 1. The van der Waals surface area contributed by atoms with E-state index in [9.17, 15) is 17.6 Å². The lowest BCUT2D eigenvalue weighted by molar-refractivity contribution is -0.117. The fourth-order valence-electron chi connectivity index (χ4n) is 2.01. The van der Waals surface area contributed by atoms with Crippen molar-refractivity contribution >= 4 is 33.2 Å². The van der Waals surface area contributed by atoms with Gasteiger partial charge in [0.1, 0.15) is 16.5 Å². The van der Waals surface area contributed by atoms with Crippen molar-refractivity contribution in [2.45, 2.75) is 17.9 Å². The van der Waals surface area contributed by atoms with Gasteiger partial charge in [0, 0.05) is 5.02 Å². The second kappa shape index (κ2) is 7.81. The molecule has 0 aliphatic rings. The standard InChI is InChI=1S/C16H16ClFN2O4S/c1-10(16(21)19-13-6-4-3-5-12(13)18)20-25(22,23)15-9-11(17)7-8-14(15)24-2/h3-10,20H,1-2H3,(H,19,21)/t10-/m0/s1. The third-order valence-electron chi connectivity index (χ3n) is 3.27. The fourth-order valence-corrected chi connectivity index (χ4v) is 3.65. The van der Waals surface area contributed by atoms with Gasteiger partial charge in [-0.2, -0.15) is 4.72 Å². The van der Waals surface area contributed by atoms with Gasteiger partial charge in [0.2, 0.25) is 15.9 Å². The van der Waals surface area contributed by atoms with Gasteiger partial charge in [-0.15, -0.1) is 0 Å². The van der Waals surface area contributed by atoms with Crippen molar-refractivity contribution in [3.05, 3.63) is 53.3 Å². The molecule has 1 atom stereocenters. The molecule has 0 saturated heterocycles. The van der Waals surface area contributed by atoms with E-state index in [2.05, 4.69) is 10.0 Å². The van der Waals surface area contributed by atoms with E-state index in [1.807, 2.05) is 0 Å². The summed E-state index contributed by atoms with van der Waals surface area (Å²) >= 11 is 5.83. The van der Waals surface area contributed by atoms with Gasteiger partial charge < -0.3 is 10.1 Å². The van der Waals surface area contributed by atoms with E-state index in [-0.39, 0.29) is 21.4 Å². The molecule has 0 heterocycles. The molecule has 25 heavy (non-hydrogen) atoms. The molecule has 9 heteroatoms. The first-order valence-electron chi connectivity index (χ1n) is 7.16. The predicted molar refractivity (Wildman–Crippen MR) is 92.8 cm³/mol. The summed E-state index contributed by atoms with van der Waals surface area (Å²) in [6.07, 6.45) is 0. The summed E-state index contributed by atoms with van der Waals surface area (Å²) in [5.74, 6) is -1.25. The van der Waals surface area contributed by atoms with Gasteiger partial charge in [-0.25, -0.2) is 12.8 Å². The van der Waals surface area contributed by atoms with E-state index < -0.39 is 27.8 Å². The lowest BCUT2D eigenvalue weighted by atomic mass is 10.2. The van der Waals surface area contributed by atoms with Crippen LogP contribution in [0, 0.1) is 5.82 Å². The minimum absolute atomic E-state index is 0.0427. The Hall–Kier alpha value is -2.16. The fraction of sp³-hybridized carbons (Fsp3) is 0.188. The zero-order valence-electron chi connectivity index (χ0n) is 13.4. The average molecular weight is 387 g/mol. The monoisotopic (exact) mass is 386 g/mol. The zero-order chi connectivity index (χ0) is 18.6. The zero-order valence-corrected chi connectivity index (χ0v) is 15.0. The van der Waals surface area contributed by atoms with Gasteiger partial charge in [0.25, 0.3) is 0 Å². The molecule has 0 unspecified atom stereocenters. The van der Waals surface area contributed by atoms with E-state index in [0.717, 1.165) is 0 Å². The number of hydrogen-bond donors (Lipinski definition) is 2. The number of ether oxygens (including phenoxy) is 1. The number of methoxy groups -OCH3 is 1. The predicted octanol–water partition coefficient (Wildman–Crippen LogP) is 2.79. The van der Waals surface area contributed by atoms with E-state index >= 15 is 0 Å². The van der Waals surface area contributed by atoms with Crippen molar-refractivity contribution in [2.75, 3.05) is 12.4 Å². The van der Waals surface area contributed by atoms with Gasteiger partial charge in [0.05, 0.1) is 18.8 Å². The van der Waals surface area contributed by atoms with Crippen molar-refractivity contribution in [1.29, 1.82) is 0 Å². The number of anilines is 1. The highest BCUT2D eigenvalue weighted by atomic mass is 35.5. The molecule has 0 bridgehead atoms.